The summed E-state index contributed by atoms with van der Waals surface area (Å²) in [5.41, 5.74) is 0. The Morgan fingerprint density at radius 3 is 0.747 bits per heavy atom. The predicted octanol–water partition coefficient (Wildman–Crippen LogP) is 25.0. The molecule has 0 rings (SSSR count). The Hall–Kier alpha value is -3.41. The molecule has 0 fully saturated rings. The van der Waals surface area contributed by atoms with Gasteiger partial charge in [-0.1, -0.05) is 337 Å². The summed E-state index contributed by atoms with van der Waals surface area (Å²) >= 11 is 0. The summed E-state index contributed by atoms with van der Waals surface area (Å²) in [6, 6.07) is 0. The van der Waals surface area contributed by atoms with Gasteiger partial charge >= 0.3 is 17.9 Å². The second kappa shape index (κ2) is 71.1. The van der Waals surface area contributed by atoms with Crippen LogP contribution < -0.4 is 0 Å². The maximum Gasteiger partial charge on any atom is 0.306 e. The summed E-state index contributed by atoms with van der Waals surface area (Å²) in [7, 11) is 0. The van der Waals surface area contributed by atoms with Crippen LogP contribution in [0.2, 0.25) is 0 Å². The number of ether oxygens (including phenoxy) is 3. The third kappa shape index (κ3) is 69.3. The van der Waals surface area contributed by atoms with Gasteiger partial charge in [-0.3, -0.25) is 14.4 Å². The highest BCUT2D eigenvalue weighted by Gasteiger charge is 2.19. The van der Waals surface area contributed by atoms with Crippen LogP contribution in [0.25, 0.3) is 0 Å². The third-order valence-electron chi connectivity index (χ3n) is 15.9. The molecule has 1 atom stereocenters. The second-order valence-corrected chi connectivity index (χ2v) is 24.1. The van der Waals surface area contributed by atoms with Crippen LogP contribution in [-0.4, -0.2) is 37.2 Å². The van der Waals surface area contributed by atoms with Crippen molar-refractivity contribution in [2.75, 3.05) is 13.2 Å². The van der Waals surface area contributed by atoms with Crippen LogP contribution in [0.4, 0.5) is 0 Å². The minimum atomic E-state index is -0.795. The number of hydrogen-bond donors (Lipinski definition) is 0. The van der Waals surface area contributed by atoms with Crippen molar-refractivity contribution >= 4 is 17.9 Å². The van der Waals surface area contributed by atoms with E-state index in [4.69, 9.17) is 14.2 Å². The smallest absolute Gasteiger partial charge is 0.306 e. The number of carbonyl (C=O) groups is 3. The standard InChI is InChI=1S/C77H136O6/c1-4-7-10-13-16-19-22-25-28-31-33-35-36-37-38-39-40-41-43-44-46-49-52-55-58-61-64-67-70-76(79)82-73-74(72-81-75(78)69-66-63-60-57-54-51-48-30-27-24-21-18-15-12-9-6-3)83-77(80)71-68-65-62-59-56-53-50-47-45-42-34-32-29-26-23-20-17-14-11-8-5-2/h8,11,17,20-21,24,26,29-30,34,42,47-48,50,74H,4-7,9-10,12-16,18-19,22-23,25,27-28,31-33,35-41,43-46,49,51-73H2,1-3H3/b11-8-,20-17-,24-21-,29-26-,42-34-,48-30-,50-47-. The summed E-state index contributed by atoms with van der Waals surface area (Å²) in [4.78, 5) is 38.5. The first kappa shape index (κ1) is 79.6. The molecule has 6 heteroatoms. The van der Waals surface area contributed by atoms with E-state index in [0.29, 0.717) is 19.3 Å². The SMILES string of the molecule is CC/C=C\C/C=C\C/C=C\C/C=C\C/C=C\CCCCCCCC(=O)OC(COC(=O)CCCCCCC/C=C\C/C=C\CCCCCC)COC(=O)CCCCCCCCCCCCCCCCCCCCCCCCCCCCCC. The van der Waals surface area contributed by atoms with Crippen LogP contribution in [0.5, 0.6) is 0 Å². The van der Waals surface area contributed by atoms with E-state index in [-0.39, 0.29) is 31.1 Å². The van der Waals surface area contributed by atoms with Gasteiger partial charge in [0.2, 0.25) is 0 Å². The molecule has 480 valence electrons. The van der Waals surface area contributed by atoms with Crippen LogP contribution >= 0.6 is 0 Å². The van der Waals surface area contributed by atoms with Crippen molar-refractivity contribution in [2.24, 2.45) is 0 Å². The molecular formula is C77H136O6. The highest BCUT2D eigenvalue weighted by molar-refractivity contribution is 5.71. The fourth-order valence-electron chi connectivity index (χ4n) is 10.5. The zero-order valence-corrected chi connectivity index (χ0v) is 55.2. The number of hydrogen-bond acceptors (Lipinski definition) is 6. The van der Waals surface area contributed by atoms with E-state index >= 15 is 0 Å². The van der Waals surface area contributed by atoms with Crippen LogP contribution in [0.3, 0.4) is 0 Å². The molecule has 0 aromatic heterocycles. The zero-order chi connectivity index (χ0) is 59.9. The lowest BCUT2D eigenvalue weighted by atomic mass is 10.0. The van der Waals surface area contributed by atoms with Gasteiger partial charge in [0.05, 0.1) is 0 Å². The minimum absolute atomic E-state index is 0.0863. The first-order chi connectivity index (χ1) is 41.0. The molecule has 1 unspecified atom stereocenters. The second-order valence-electron chi connectivity index (χ2n) is 24.1. The fourth-order valence-corrected chi connectivity index (χ4v) is 10.5. The van der Waals surface area contributed by atoms with Gasteiger partial charge in [0.1, 0.15) is 13.2 Å². The van der Waals surface area contributed by atoms with E-state index < -0.39 is 6.10 Å². The average molecular weight is 1160 g/mol. The number of rotatable bonds is 66. The molecule has 0 N–H and O–H groups in total. The molecule has 0 spiro atoms. The van der Waals surface area contributed by atoms with E-state index in [1.165, 1.54) is 199 Å². The molecule has 0 aliphatic rings. The van der Waals surface area contributed by atoms with E-state index in [2.05, 4.69) is 106 Å². The Bertz CT molecular complexity index is 1570. The number of esters is 3. The van der Waals surface area contributed by atoms with E-state index in [1.807, 2.05) is 0 Å². The quantitative estimate of drug-likeness (QED) is 0.0261. The van der Waals surface area contributed by atoms with Crippen LogP contribution in [0.15, 0.2) is 85.1 Å². The van der Waals surface area contributed by atoms with Gasteiger partial charge in [-0.25, -0.2) is 0 Å². The van der Waals surface area contributed by atoms with E-state index in [0.717, 1.165) is 128 Å². The maximum absolute atomic E-state index is 13.0. The molecule has 0 aliphatic carbocycles. The molecular weight excluding hydrogens is 1020 g/mol. The van der Waals surface area contributed by atoms with Gasteiger partial charge in [-0.15, -0.1) is 0 Å². The van der Waals surface area contributed by atoms with Crippen molar-refractivity contribution in [3.63, 3.8) is 0 Å². The summed E-state index contributed by atoms with van der Waals surface area (Å²) in [6.45, 7) is 6.54. The van der Waals surface area contributed by atoms with Crippen LogP contribution in [0, 0.1) is 0 Å². The van der Waals surface area contributed by atoms with Gasteiger partial charge in [0.15, 0.2) is 6.10 Å². The highest BCUT2D eigenvalue weighted by Crippen LogP contribution is 2.18. The Kier molecular flexibility index (Phi) is 68.2. The predicted molar refractivity (Wildman–Crippen MR) is 362 cm³/mol. The molecule has 0 heterocycles. The molecule has 83 heavy (non-hydrogen) atoms. The Morgan fingerprint density at radius 2 is 0.470 bits per heavy atom. The number of unbranched alkanes of at least 4 members (excludes halogenated alkanes) is 41. The normalized spacial score (nSPS) is 12.6. The number of allylic oxidation sites excluding steroid dienone is 14. The highest BCUT2D eigenvalue weighted by atomic mass is 16.6. The Balaban J connectivity index is 4.31. The third-order valence-corrected chi connectivity index (χ3v) is 15.9. The number of carbonyl (C=O) groups excluding carboxylic acids is 3. The molecule has 0 bridgehead atoms. The van der Waals surface area contributed by atoms with E-state index in [1.54, 1.807) is 0 Å². The largest absolute Gasteiger partial charge is 0.462 e. The lowest BCUT2D eigenvalue weighted by molar-refractivity contribution is -0.167. The molecule has 0 amide bonds. The Morgan fingerprint density at radius 1 is 0.253 bits per heavy atom. The molecule has 0 saturated carbocycles. The molecule has 0 aromatic rings. The molecule has 0 aromatic carbocycles. The fraction of sp³-hybridized carbons (Fsp3) is 0.779. The lowest BCUT2D eigenvalue weighted by Crippen LogP contribution is -2.30. The maximum atomic E-state index is 13.0. The first-order valence-electron chi connectivity index (χ1n) is 36.1. The Labute approximate surface area is 515 Å². The summed E-state index contributed by atoms with van der Waals surface area (Å²) in [5.74, 6) is -0.901. The van der Waals surface area contributed by atoms with Crippen LogP contribution in [0.1, 0.15) is 367 Å². The van der Waals surface area contributed by atoms with Crippen molar-refractivity contribution in [1.82, 2.24) is 0 Å². The monoisotopic (exact) mass is 1160 g/mol. The topological polar surface area (TPSA) is 78.9 Å². The van der Waals surface area contributed by atoms with Gasteiger partial charge < -0.3 is 14.2 Å². The minimum Gasteiger partial charge on any atom is -0.462 e. The summed E-state index contributed by atoms with van der Waals surface area (Å²) in [6.07, 6.45) is 94.8. The summed E-state index contributed by atoms with van der Waals surface area (Å²) < 4.78 is 17.0. The van der Waals surface area contributed by atoms with Gasteiger partial charge in [0.25, 0.3) is 0 Å². The molecule has 6 nitrogen and oxygen atoms in total. The van der Waals surface area contributed by atoms with Crippen LogP contribution in [-0.2, 0) is 28.6 Å². The molecule has 0 saturated heterocycles. The summed E-state index contributed by atoms with van der Waals surface area (Å²) in [5, 5.41) is 0. The molecule has 0 radical (unpaired) electrons. The van der Waals surface area contributed by atoms with Crippen molar-refractivity contribution in [3.8, 4) is 0 Å². The van der Waals surface area contributed by atoms with Gasteiger partial charge in [-0.05, 0) is 96.3 Å². The molecule has 0 aliphatic heterocycles. The lowest BCUT2D eigenvalue weighted by Gasteiger charge is -2.18. The van der Waals surface area contributed by atoms with Gasteiger partial charge in [0, 0.05) is 19.3 Å². The van der Waals surface area contributed by atoms with Crippen molar-refractivity contribution in [1.29, 1.82) is 0 Å². The first-order valence-corrected chi connectivity index (χ1v) is 36.1. The van der Waals surface area contributed by atoms with E-state index in [9.17, 15) is 14.4 Å². The zero-order valence-electron chi connectivity index (χ0n) is 55.2. The van der Waals surface area contributed by atoms with Crippen molar-refractivity contribution < 1.29 is 28.6 Å². The van der Waals surface area contributed by atoms with Crippen molar-refractivity contribution in [3.05, 3.63) is 85.1 Å². The average Bonchev–Trinajstić information content (AvgIpc) is 3.50. The van der Waals surface area contributed by atoms with Crippen molar-refractivity contribution in [2.45, 2.75) is 374 Å². The van der Waals surface area contributed by atoms with Gasteiger partial charge in [-0.2, -0.15) is 0 Å².